The molecule has 1 aromatic heterocycles. The molecule has 6 aliphatic heterocycles. The smallest absolute Gasteiger partial charge is 0.341 e. The van der Waals surface area contributed by atoms with Gasteiger partial charge in [-0.25, -0.2) is 9.18 Å². The Labute approximate surface area is 535 Å². The number of phenolic OH excluding ortho intramolecular Hbond substituents is 1. The third kappa shape index (κ3) is 13.3. The highest BCUT2D eigenvalue weighted by Gasteiger charge is 2.53. The number of anilines is 1. The molecule has 4 fully saturated rings. The number of Topliss-reactive ketones (excluding diaryl/α,β-unsaturated/α-hetero) is 2. The van der Waals surface area contributed by atoms with Gasteiger partial charge in [0.15, 0.2) is 12.1 Å². The van der Waals surface area contributed by atoms with E-state index in [1.165, 1.54) is 96.9 Å². The van der Waals surface area contributed by atoms with Crippen LogP contribution in [0.2, 0.25) is 0 Å². The molecule has 1 saturated carbocycles. The summed E-state index contributed by atoms with van der Waals surface area (Å²) in [6.07, 6.45) is 1.24. The number of esters is 2. The second-order valence-corrected chi connectivity index (χ2v) is 26.1. The number of fused-ring (bicyclic) bond motifs is 16. The van der Waals surface area contributed by atoms with Gasteiger partial charge >= 0.3 is 23.7 Å². The Morgan fingerprint density at radius 1 is 0.914 bits per heavy atom. The summed E-state index contributed by atoms with van der Waals surface area (Å²) in [5.74, 6) is -15.2. The summed E-state index contributed by atoms with van der Waals surface area (Å²) >= 11 is 0. The van der Waals surface area contributed by atoms with Gasteiger partial charge in [0.2, 0.25) is 17.1 Å². The molecule has 3 aromatic rings. The average Bonchev–Trinajstić information content (AvgIpc) is 1.65. The van der Waals surface area contributed by atoms with E-state index in [1.54, 1.807) is 30.2 Å². The number of aromatic nitrogens is 1. The molecule has 2 amide bonds. The molecular weight excluding hydrogens is 1220 g/mol. The number of hydrogen-bond donors (Lipinski definition) is 5. The van der Waals surface area contributed by atoms with Crippen LogP contribution in [-0.2, 0) is 52.3 Å². The molecular formula is C67H79FN4O21. The molecule has 7 heterocycles. The number of piperazine rings is 1. The first-order valence-corrected chi connectivity index (χ1v) is 31.2. The number of carbonyl (C=O) groups excluding carboxylic acids is 7. The highest BCUT2D eigenvalue weighted by atomic mass is 19.1. The number of amides is 2. The average molecular weight is 1300 g/mol. The summed E-state index contributed by atoms with van der Waals surface area (Å²) in [7, 11) is 0. The minimum atomic E-state index is -2.21. The molecule has 5 bridgehead atoms. The number of benzene rings is 2. The van der Waals surface area contributed by atoms with Crippen LogP contribution >= 0.6 is 0 Å². The van der Waals surface area contributed by atoms with Crippen LogP contribution in [0.25, 0.3) is 10.9 Å². The van der Waals surface area contributed by atoms with Crippen LogP contribution in [0.5, 0.6) is 11.5 Å². The summed E-state index contributed by atoms with van der Waals surface area (Å²) in [5.41, 5.74) is -4.19. The number of carboxylic acid groups (broad SMARTS) is 1. The number of rotatable bonds is 11. The van der Waals surface area contributed by atoms with Gasteiger partial charge in [-0.1, -0.05) is 39.0 Å². The lowest BCUT2D eigenvalue weighted by molar-refractivity contribution is -0.246. The number of halogens is 1. The van der Waals surface area contributed by atoms with Gasteiger partial charge in [-0.2, -0.15) is 0 Å². The van der Waals surface area contributed by atoms with Gasteiger partial charge < -0.3 is 78.0 Å². The molecule has 1 unspecified atom stereocenters. The van der Waals surface area contributed by atoms with E-state index in [-0.39, 0.29) is 91.5 Å². The second-order valence-electron chi connectivity index (χ2n) is 26.1. The first-order valence-electron chi connectivity index (χ1n) is 31.2. The largest absolute Gasteiger partial charge is 0.507 e. The monoisotopic (exact) mass is 1290 g/mol. The van der Waals surface area contributed by atoms with Crippen LogP contribution in [0.3, 0.4) is 0 Å². The number of nitrogens with zero attached hydrogens (tertiary/aromatic N) is 3. The van der Waals surface area contributed by atoms with Gasteiger partial charge in [-0.05, 0) is 72.6 Å². The van der Waals surface area contributed by atoms with E-state index >= 15 is 4.39 Å². The number of carboxylic acids is 1. The molecule has 2 aromatic carbocycles. The molecule has 500 valence electrons. The zero-order chi connectivity index (χ0) is 67.6. The van der Waals surface area contributed by atoms with Crippen LogP contribution in [-0.4, -0.2) is 171 Å². The number of hydrogen-bond acceptors (Lipinski definition) is 21. The minimum absolute atomic E-state index is 0.0324. The van der Waals surface area contributed by atoms with Crippen molar-refractivity contribution in [2.24, 2.45) is 29.1 Å². The van der Waals surface area contributed by atoms with Crippen LogP contribution < -0.4 is 20.4 Å². The maximum absolute atomic E-state index is 15.9. The van der Waals surface area contributed by atoms with Crippen molar-refractivity contribution in [3.63, 3.8) is 0 Å². The van der Waals surface area contributed by atoms with Crippen molar-refractivity contribution < 1.29 is 101 Å². The van der Waals surface area contributed by atoms with Gasteiger partial charge in [-0.15, -0.1) is 0 Å². The number of aromatic hydroxyl groups is 1. The van der Waals surface area contributed by atoms with E-state index in [0.717, 1.165) is 31.2 Å². The van der Waals surface area contributed by atoms with Gasteiger partial charge in [0.25, 0.3) is 11.7 Å². The summed E-state index contributed by atoms with van der Waals surface area (Å²) in [4.78, 5) is 127. The van der Waals surface area contributed by atoms with Gasteiger partial charge in [-0.3, -0.25) is 38.4 Å². The SMILES string of the molecule is CC(=O)O[C@H]1[C@H](C)[C@H](O)[C@H](C)[C@@H](O)[C@@H](C(C)OC(=O)C(C)(C)CC(=O)N2CCN(c3cc4c(cc3F)c(=O)c(C(=O)O)cn4C3CC3)CC2)/C=C/C=C(/C)C(=O)NC2=CC(=O)c3c(c(O)c(C)c4c3C(=O)[C@@](C)(O/C=C/[C@H](O[C@H]3C[C@@H]5OCO[C@@H]5[C@@H](C)O3)[C@H]1C)O4)C2=O. The topological polar surface area (TPSA) is 332 Å². The Morgan fingerprint density at radius 3 is 2.28 bits per heavy atom. The highest BCUT2D eigenvalue weighted by Crippen LogP contribution is 2.48. The van der Waals surface area contributed by atoms with E-state index in [0.29, 0.717) is 5.52 Å². The molecule has 25 nitrogen and oxygen atoms in total. The molecule has 3 saturated heterocycles. The van der Waals surface area contributed by atoms with Crippen molar-refractivity contribution in [3.8, 4) is 11.5 Å². The molecule has 5 N–H and O–H groups in total. The molecule has 0 radical (unpaired) electrons. The molecule has 11 rings (SSSR count). The molecule has 93 heavy (non-hydrogen) atoms. The number of allylic oxidation sites excluding steroid dienone is 4. The Hall–Kier alpha value is -8.14. The van der Waals surface area contributed by atoms with Crippen LogP contribution in [0, 0.1) is 41.8 Å². The fraction of sp³-hybridized carbons (Fsp3) is 0.537. The van der Waals surface area contributed by atoms with E-state index in [9.17, 15) is 63.6 Å². The quantitative estimate of drug-likeness (QED) is 0.137. The number of carbonyl (C=O) groups is 8. The van der Waals surface area contributed by atoms with Gasteiger partial charge in [0.1, 0.15) is 48.0 Å². The maximum atomic E-state index is 15.9. The Balaban J connectivity index is 0.915. The third-order valence-electron chi connectivity index (χ3n) is 19.0. The van der Waals surface area contributed by atoms with Crippen molar-refractivity contribution in [2.45, 2.75) is 169 Å². The number of phenols is 1. The summed E-state index contributed by atoms with van der Waals surface area (Å²) < 4.78 is 66.3. The summed E-state index contributed by atoms with van der Waals surface area (Å²) in [6, 6.07) is 2.55. The lowest BCUT2D eigenvalue weighted by Gasteiger charge is -2.41. The van der Waals surface area contributed by atoms with E-state index in [4.69, 9.17) is 37.9 Å². The van der Waals surface area contributed by atoms with Crippen molar-refractivity contribution in [1.82, 2.24) is 14.8 Å². The first-order chi connectivity index (χ1) is 43.8. The lowest BCUT2D eigenvalue weighted by Crippen LogP contribution is -2.50. The van der Waals surface area contributed by atoms with E-state index in [1.807, 2.05) is 0 Å². The van der Waals surface area contributed by atoms with Gasteiger partial charge in [0, 0.05) is 111 Å². The van der Waals surface area contributed by atoms with E-state index < -0.39 is 170 Å². The summed E-state index contributed by atoms with van der Waals surface area (Å²) in [5, 5.41) is 48.6. The fourth-order valence-corrected chi connectivity index (χ4v) is 13.2. The molecule has 2 aliphatic carbocycles. The second kappa shape index (κ2) is 26.3. The third-order valence-corrected chi connectivity index (χ3v) is 19.0. The zero-order valence-electron chi connectivity index (χ0n) is 53.6. The predicted octanol–water partition coefficient (Wildman–Crippen LogP) is 6.04. The standard InChI is InChI=1S/C67H79FN4O21/c1-30-13-12-14-39(35(6)90-65(85)66(9,10)27-49(75)71-20-18-70(19-21-71)45-25-44-40(23-42(45)68)57(79)41(64(83)84)28-72(44)38-15-16-38)55(77)32(3)54(76)33(4)59(91-37(8)73)31(2)47(92-50-26-48-61(36(7)89-50)87-29-86-48)17-22-88-67(11)62(81)53-51-46(74)24-43(69-63(30)82)58(80)52(51)56(78)34(5)60(53)93-67/h12-14,17,22-25,28,31-33,35-36,38-39,47-48,50,54-55,59,61,76-78H,15-16,18-21,26-27,29H2,1-11H3,(H,69,82)(H,83,84)/b14-12+,22-17+,30-13-/t31-,32+,33-,35?,36-,39-,47+,48+,50+,54-,55-,59-,61-,67+/m1/s1. The number of ether oxygens (including phenoxy) is 8. The lowest BCUT2D eigenvalue weighted by atomic mass is 9.77. The first kappa shape index (κ1) is 67.7. The van der Waals surface area contributed by atoms with Crippen molar-refractivity contribution in [2.75, 3.05) is 37.9 Å². The maximum Gasteiger partial charge on any atom is 0.341 e. The number of aliphatic hydroxyl groups is 2. The number of pyridine rings is 1. The molecule has 8 aliphatic rings. The van der Waals surface area contributed by atoms with Crippen molar-refractivity contribution >= 4 is 63.7 Å². The molecule has 0 spiro atoms. The summed E-state index contributed by atoms with van der Waals surface area (Å²) in [6.45, 7) is 17.0. The van der Waals surface area contributed by atoms with Crippen molar-refractivity contribution in [3.05, 3.63) is 110 Å². The zero-order valence-corrected chi connectivity index (χ0v) is 53.6. The number of nitrogens with one attached hydrogen (secondary N) is 1. The fourth-order valence-electron chi connectivity index (χ4n) is 13.2. The number of aromatic carboxylic acids is 1. The predicted molar refractivity (Wildman–Crippen MR) is 327 cm³/mol. The Kier molecular flexibility index (Phi) is 19.2. The Bertz CT molecular complexity index is 3770. The number of ketones is 3. The Morgan fingerprint density at radius 2 is 1.61 bits per heavy atom. The molecule has 26 heteroatoms. The number of aliphatic hydroxyl groups excluding tert-OH is 2. The van der Waals surface area contributed by atoms with Crippen LogP contribution in [0.15, 0.2) is 71.0 Å². The molecule has 14 atom stereocenters. The van der Waals surface area contributed by atoms with Crippen LogP contribution in [0.4, 0.5) is 10.1 Å². The van der Waals surface area contributed by atoms with Gasteiger partial charge in [0.05, 0.1) is 75.8 Å². The van der Waals surface area contributed by atoms with Crippen molar-refractivity contribution in [1.29, 1.82) is 0 Å². The minimum Gasteiger partial charge on any atom is -0.507 e. The van der Waals surface area contributed by atoms with E-state index in [2.05, 4.69) is 5.32 Å². The highest BCUT2D eigenvalue weighted by molar-refractivity contribution is 6.31. The van der Waals surface area contributed by atoms with Crippen LogP contribution in [0.1, 0.15) is 148 Å². The normalized spacial score (nSPS) is 31.1.